The third kappa shape index (κ3) is 4.29. The molecule has 0 saturated heterocycles. The Balaban J connectivity index is 1.86. The first-order chi connectivity index (χ1) is 9.19. The van der Waals surface area contributed by atoms with E-state index in [1.807, 2.05) is 12.1 Å². The Kier molecular flexibility index (Phi) is 5.34. The van der Waals surface area contributed by atoms with E-state index >= 15 is 0 Å². The highest BCUT2D eigenvalue weighted by Crippen LogP contribution is 2.21. The van der Waals surface area contributed by atoms with Crippen molar-refractivity contribution >= 4 is 0 Å². The Bertz CT molecular complexity index is 379. The van der Waals surface area contributed by atoms with Crippen LogP contribution in [-0.2, 0) is 11.2 Å². The van der Waals surface area contributed by atoms with Gasteiger partial charge in [-0.3, -0.25) is 0 Å². The maximum absolute atomic E-state index is 12.9. The molecule has 106 valence electrons. The van der Waals surface area contributed by atoms with E-state index in [4.69, 9.17) is 4.74 Å². The van der Waals surface area contributed by atoms with Gasteiger partial charge >= 0.3 is 0 Å². The molecule has 0 heterocycles. The van der Waals surface area contributed by atoms with Crippen LogP contribution < -0.4 is 5.32 Å². The molecule has 1 aromatic rings. The van der Waals surface area contributed by atoms with Gasteiger partial charge in [-0.1, -0.05) is 25.0 Å². The summed E-state index contributed by atoms with van der Waals surface area (Å²) in [5.41, 5.74) is 1.17. The number of methoxy groups -OCH3 is 1. The predicted octanol–water partition coefficient (Wildman–Crippen LogP) is 3.30. The zero-order valence-corrected chi connectivity index (χ0v) is 11.9. The molecule has 0 bridgehead atoms. The van der Waals surface area contributed by atoms with Gasteiger partial charge in [-0.2, -0.15) is 0 Å². The van der Waals surface area contributed by atoms with Crippen molar-refractivity contribution in [2.24, 2.45) is 0 Å². The Hall–Kier alpha value is -0.930. The van der Waals surface area contributed by atoms with Crippen molar-refractivity contribution < 1.29 is 9.13 Å². The van der Waals surface area contributed by atoms with Crippen LogP contribution in [0.3, 0.4) is 0 Å². The summed E-state index contributed by atoms with van der Waals surface area (Å²) in [6.07, 6.45) is 6.14. The minimum absolute atomic E-state index is 0.170. The third-order valence-corrected chi connectivity index (χ3v) is 3.96. The standard InChI is InChI=1S/C16H24FNO/c1-12(11-13-7-9-14(17)10-8-13)18-15-5-3-4-6-16(15)19-2/h7-10,12,15-16,18H,3-6,11H2,1-2H3. The molecule has 3 atom stereocenters. The van der Waals surface area contributed by atoms with Gasteiger partial charge in [0.2, 0.25) is 0 Å². The second-order valence-electron chi connectivity index (χ2n) is 5.56. The van der Waals surface area contributed by atoms with E-state index in [0.717, 1.165) is 12.8 Å². The van der Waals surface area contributed by atoms with Crippen molar-refractivity contribution in [2.75, 3.05) is 7.11 Å². The zero-order valence-electron chi connectivity index (χ0n) is 11.9. The molecule has 3 heteroatoms. The van der Waals surface area contributed by atoms with E-state index in [9.17, 15) is 4.39 Å². The lowest BCUT2D eigenvalue weighted by molar-refractivity contribution is 0.0384. The van der Waals surface area contributed by atoms with Crippen LogP contribution in [0.4, 0.5) is 4.39 Å². The summed E-state index contributed by atoms with van der Waals surface area (Å²) in [7, 11) is 1.80. The van der Waals surface area contributed by atoms with Gasteiger partial charge in [0.05, 0.1) is 6.10 Å². The largest absolute Gasteiger partial charge is 0.380 e. The van der Waals surface area contributed by atoms with E-state index in [-0.39, 0.29) is 5.82 Å². The van der Waals surface area contributed by atoms with Crippen molar-refractivity contribution in [3.05, 3.63) is 35.6 Å². The fourth-order valence-electron chi connectivity index (χ4n) is 2.97. The molecule has 2 rings (SSSR count). The van der Waals surface area contributed by atoms with Crippen LogP contribution in [0.25, 0.3) is 0 Å². The van der Waals surface area contributed by atoms with Crippen molar-refractivity contribution in [1.29, 1.82) is 0 Å². The molecule has 1 saturated carbocycles. The summed E-state index contributed by atoms with van der Waals surface area (Å²) in [6.45, 7) is 2.19. The summed E-state index contributed by atoms with van der Waals surface area (Å²) in [5, 5.41) is 3.66. The van der Waals surface area contributed by atoms with Crippen LogP contribution in [0.2, 0.25) is 0 Å². The molecular weight excluding hydrogens is 241 g/mol. The second-order valence-corrected chi connectivity index (χ2v) is 5.56. The lowest BCUT2D eigenvalue weighted by Gasteiger charge is -2.33. The molecule has 0 radical (unpaired) electrons. The third-order valence-electron chi connectivity index (χ3n) is 3.96. The van der Waals surface area contributed by atoms with Crippen LogP contribution in [0.1, 0.15) is 38.2 Å². The molecule has 0 aromatic heterocycles. The van der Waals surface area contributed by atoms with Crippen LogP contribution in [0, 0.1) is 5.82 Å². The van der Waals surface area contributed by atoms with E-state index in [0.29, 0.717) is 18.2 Å². The van der Waals surface area contributed by atoms with Crippen LogP contribution in [-0.4, -0.2) is 25.3 Å². The number of hydrogen-bond acceptors (Lipinski definition) is 2. The van der Waals surface area contributed by atoms with Gasteiger partial charge in [0.25, 0.3) is 0 Å². The van der Waals surface area contributed by atoms with Crippen molar-refractivity contribution in [3.8, 4) is 0 Å². The van der Waals surface area contributed by atoms with Gasteiger partial charge in [0.15, 0.2) is 0 Å². The molecule has 0 amide bonds. The van der Waals surface area contributed by atoms with Gasteiger partial charge < -0.3 is 10.1 Å². The first-order valence-electron chi connectivity index (χ1n) is 7.22. The number of hydrogen-bond donors (Lipinski definition) is 1. The smallest absolute Gasteiger partial charge is 0.123 e. The minimum atomic E-state index is -0.170. The molecule has 1 fully saturated rings. The molecule has 0 spiro atoms. The van der Waals surface area contributed by atoms with E-state index in [1.54, 1.807) is 7.11 Å². The minimum Gasteiger partial charge on any atom is -0.380 e. The maximum atomic E-state index is 12.9. The number of nitrogens with one attached hydrogen (secondary N) is 1. The first-order valence-corrected chi connectivity index (χ1v) is 7.22. The van der Waals surface area contributed by atoms with Gasteiger partial charge in [-0.05, 0) is 43.9 Å². The highest BCUT2D eigenvalue weighted by Gasteiger charge is 2.25. The molecule has 1 N–H and O–H groups in total. The normalized spacial score (nSPS) is 25.2. The summed E-state index contributed by atoms with van der Waals surface area (Å²) in [5.74, 6) is -0.170. The van der Waals surface area contributed by atoms with E-state index < -0.39 is 0 Å². The number of ether oxygens (including phenoxy) is 1. The second kappa shape index (κ2) is 7.01. The molecule has 3 unspecified atom stereocenters. The molecular formula is C16H24FNO. The summed E-state index contributed by atoms with van der Waals surface area (Å²) in [6, 6.07) is 7.62. The summed E-state index contributed by atoms with van der Waals surface area (Å²) >= 11 is 0. The lowest BCUT2D eigenvalue weighted by Crippen LogP contribution is -2.47. The quantitative estimate of drug-likeness (QED) is 0.882. The Morgan fingerprint density at radius 3 is 2.63 bits per heavy atom. The molecule has 1 aliphatic rings. The zero-order chi connectivity index (χ0) is 13.7. The lowest BCUT2D eigenvalue weighted by atomic mass is 9.91. The van der Waals surface area contributed by atoms with E-state index in [1.165, 1.54) is 37.0 Å². The Morgan fingerprint density at radius 2 is 1.95 bits per heavy atom. The highest BCUT2D eigenvalue weighted by molar-refractivity contribution is 5.17. The average Bonchev–Trinajstić information content (AvgIpc) is 2.42. The summed E-state index contributed by atoms with van der Waals surface area (Å²) < 4.78 is 18.4. The van der Waals surface area contributed by atoms with Crippen molar-refractivity contribution in [3.63, 3.8) is 0 Å². The van der Waals surface area contributed by atoms with Gasteiger partial charge in [-0.15, -0.1) is 0 Å². The van der Waals surface area contributed by atoms with Gasteiger partial charge in [0, 0.05) is 19.2 Å². The monoisotopic (exact) mass is 265 g/mol. The summed E-state index contributed by atoms with van der Waals surface area (Å²) in [4.78, 5) is 0. The molecule has 1 aromatic carbocycles. The van der Waals surface area contributed by atoms with Crippen LogP contribution in [0.15, 0.2) is 24.3 Å². The molecule has 2 nitrogen and oxygen atoms in total. The van der Waals surface area contributed by atoms with Crippen LogP contribution in [0.5, 0.6) is 0 Å². The number of halogens is 1. The Morgan fingerprint density at radius 1 is 1.26 bits per heavy atom. The van der Waals surface area contributed by atoms with Crippen molar-refractivity contribution in [2.45, 2.75) is 57.2 Å². The van der Waals surface area contributed by atoms with Crippen molar-refractivity contribution in [1.82, 2.24) is 5.32 Å². The SMILES string of the molecule is COC1CCCCC1NC(C)Cc1ccc(F)cc1. The fourth-order valence-corrected chi connectivity index (χ4v) is 2.97. The molecule has 19 heavy (non-hydrogen) atoms. The number of rotatable bonds is 5. The number of benzene rings is 1. The average molecular weight is 265 g/mol. The predicted molar refractivity (Wildman–Crippen MR) is 75.8 cm³/mol. The van der Waals surface area contributed by atoms with Gasteiger partial charge in [-0.25, -0.2) is 4.39 Å². The Labute approximate surface area is 115 Å². The maximum Gasteiger partial charge on any atom is 0.123 e. The van der Waals surface area contributed by atoms with E-state index in [2.05, 4.69) is 12.2 Å². The first kappa shape index (κ1) is 14.5. The van der Waals surface area contributed by atoms with Gasteiger partial charge in [0.1, 0.15) is 5.82 Å². The highest BCUT2D eigenvalue weighted by atomic mass is 19.1. The van der Waals surface area contributed by atoms with Crippen LogP contribution >= 0.6 is 0 Å². The topological polar surface area (TPSA) is 21.3 Å². The molecule has 0 aliphatic heterocycles. The molecule has 1 aliphatic carbocycles. The fraction of sp³-hybridized carbons (Fsp3) is 0.625.